The highest BCUT2D eigenvalue weighted by molar-refractivity contribution is 6.09. The quantitative estimate of drug-likeness (QED) is 0.865. The van der Waals surface area contributed by atoms with Crippen molar-refractivity contribution in [1.82, 2.24) is 0 Å². The topological polar surface area (TPSA) is 95.9 Å². The first-order valence-corrected chi connectivity index (χ1v) is 8.46. The summed E-state index contributed by atoms with van der Waals surface area (Å²) in [7, 11) is 0. The van der Waals surface area contributed by atoms with Gasteiger partial charge in [-0.15, -0.1) is 0 Å². The number of amides is 2. The molecule has 1 aliphatic heterocycles. The van der Waals surface area contributed by atoms with Crippen LogP contribution in [0.15, 0.2) is 48.5 Å². The minimum atomic E-state index is -1.23. The predicted molar refractivity (Wildman–Crippen MR) is 100 cm³/mol. The number of carboxylic acid groups (broad SMARTS) is 1. The summed E-state index contributed by atoms with van der Waals surface area (Å²) in [6, 6.07) is 12.3. The van der Waals surface area contributed by atoms with Crippen molar-refractivity contribution in [2.75, 3.05) is 10.2 Å². The van der Waals surface area contributed by atoms with Crippen molar-refractivity contribution in [3.8, 4) is 5.75 Å². The van der Waals surface area contributed by atoms with Crippen molar-refractivity contribution >= 4 is 29.2 Å². The highest BCUT2D eigenvalue weighted by Crippen LogP contribution is 2.39. The van der Waals surface area contributed by atoms with E-state index in [2.05, 4.69) is 5.32 Å². The van der Waals surface area contributed by atoms with Crippen LogP contribution in [0.2, 0.25) is 0 Å². The number of fused-ring (bicyclic) bond motifs is 1. The number of anilines is 2. The summed E-state index contributed by atoms with van der Waals surface area (Å²) in [5.41, 5.74) is -0.207. The van der Waals surface area contributed by atoms with Gasteiger partial charge < -0.3 is 15.2 Å². The molecule has 2 amide bonds. The molecule has 0 aromatic heterocycles. The van der Waals surface area contributed by atoms with E-state index in [-0.39, 0.29) is 23.1 Å². The first-order valence-electron chi connectivity index (χ1n) is 8.46. The van der Waals surface area contributed by atoms with E-state index in [0.717, 1.165) is 0 Å². The molecule has 0 saturated heterocycles. The minimum absolute atomic E-state index is 0.0419. The van der Waals surface area contributed by atoms with Crippen molar-refractivity contribution in [2.45, 2.75) is 32.4 Å². The number of para-hydroxylation sites is 1. The van der Waals surface area contributed by atoms with Crippen LogP contribution in [-0.2, 0) is 9.59 Å². The van der Waals surface area contributed by atoms with Crippen LogP contribution in [0, 0.1) is 0 Å². The van der Waals surface area contributed by atoms with Gasteiger partial charge in [0.2, 0.25) is 5.91 Å². The van der Waals surface area contributed by atoms with Crippen LogP contribution < -0.4 is 15.0 Å². The Morgan fingerprint density at radius 3 is 2.44 bits per heavy atom. The molecule has 3 rings (SSSR count). The van der Waals surface area contributed by atoms with E-state index in [0.29, 0.717) is 11.4 Å². The summed E-state index contributed by atoms with van der Waals surface area (Å²) in [5, 5.41) is 12.0. The van der Waals surface area contributed by atoms with Crippen LogP contribution in [-0.4, -0.2) is 34.5 Å². The Morgan fingerprint density at radius 1 is 1.15 bits per heavy atom. The lowest BCUT2D eigenvalue weighted by Gasteiger charge is -2.41. The van der Waals surface area contributed by atoms with E-state index < -0.39 is 17.6 Å². The molecule has 1 aliphatic rings. The summed E-state index contributed by atoms with van der Waals surface area (Å²) in [5.74, 6) is -1.59. The molecule has 2 N–H and O–H groups in total. The molecule has 0 bridgehead atoms. The molecule has 0 spiro atoms. The predicted octanol–water partition coefficient (Wildman–Crippen LogP) is 2.92. The molecular formula is C20H20N2O5. The first-order chi connectivity index (χ1) is 12.7. The van der Waals surface area contributed by atoms with Gasteiger partial charge in [0.1, 0.15) is 11.8 Å². The van der Waals surface area contributed by atoms with Crippen LogP contribution in [0.3, 0.4) is 0 Å². The number of hydrogen-bond donors (Lipinski definition) is 2. The number of aromatic carboxylic acids is 1. The average molecular weight is 368 g/mol. The van der Waals surface area contributed by atoms with Gasteiger partial charge in [-0.1, -0.05) is 18.2 Å². The van der Waals surface area contributed by atoms with Crippen molar-refractivity contribution in [3.05, 3.63) is 54.1 Å². The molecule has 1 atom stereocenters. The molecule has 1 unspecified atom stereocenters. The van der Waals surface area contributed by atoms with Crippen LogP contribution in [0.4, 0.5) is 11.4 Å². The van der Waals surface area contributed by atoms with Crippen LogP contribution >= 0.6 is 0 Å². The Balaban J connectivity index is 1.97. The molecule has 140 valence electrons. The highest BCUT2D eigenvalue weighted by Gasteiger charge is 2.44. The first kappa shape index (κ1) is 18.4. The van der Waals surface area contributed by atoms with E-state index in [4.69, 9.17) is 4.74 Å². The summed E-state index contributed by atoms with van der Waals surface area (Å²) >= 11 is 0. The number of benzene rings is 2. The zero-order valence-corrected chi connectivity index (χ0v) is 15.2. The lowest BCUT2D eigenvalue weighted by Crippen LogP contribution is -2.57. The Hall–Kier alpha value is -3.35. The summed E-state index contributed by atoms with van der Waals surface area (Å²) in [6.45, 7) is 4.79. The van der Waals surface area contributed by atoms with Gasteiger partial charge in [-0.05, 0) is 51.1 Å². The number of carbonyl (C=O) groups excluding carboxylic acids is 2. The number of nitrogens with one attached hydrogen (secondary N) is 1. The van der Waals surface area contributed by atoms with Crippen LogP contribution in [0.5, 0.6) is 5.75 Å². The van der Waals surface area contributed by atoms with Gasteiger partial charge in [-0.3, -0.25) is 14.5 Å². The minimum Gasteiger partial charge on any atom is -0.478 e. The number of carboxylic acids is 1. The lowest BCUT2D eigenvalue weighted by atomic mass is 10.0. The largest absolute Gasteiger partial charge is 0.478 e. The fraction of sp³-hybridized carbons (Fsp3) is 0.250. The third-order valence-electron chi connectivity index (χ3n) is 4.37. The second-order valence-corrected chi connectivity index (χ2v) is 6.81. The molecule has 1 heterocycles. The smallest absolute Gasteiger partial charge is 0.335 e. The van der Waals surface area contributed by atoms with Gasteiger partial charge in [0.15, 0.2) is 5.60 Å². The van der Waals surface area contributed by atoms with Gasteiger partial charge in [0, 0.05) is 5.69 Å². The fourth-order valence-corrected chi connectivity index (χ4v) is 2.92. The van der Waals surface area contributed by atoms with Crippen molar-refractivity contribution < 1.29 is 24.2 Å². The maximum Gasteiger partial charge on any atom is 0.335 e. The lowest BCUT2D eigenvalue weighted by molar-refractivity contribution is -0.134. The number of carbonyl (C=O) groups is 3. The molecule has 2 aromatic rings. The van der Waals surface area contributed by atoms with Gasteiger partial charge in [0.05, 0.1) is 11.3 Å². The standard InChI is InChI=1S/C20H20N2O5/c1-12(17(23)21-14-7-5-4-6-8-14)22-15-10-9-13(18(24)25)11-16(15)27-20(2,3)19(22)26/h4-12H,1-3H3,(H,21,23)(H,24,25). The molecule has 7 heteroatoms. The third-order valence-corrected chi connectivity index (χ3v) is 4.37. The zero-order valence-electron chi connectivity index (χ0n) is 15.2. The monoisotopic (exact) mass is 368 g/mol. The van der Waals surface area contributed by atoms with E-state index in [1.165, 1.54) is 23.1 Å². The van der Waals surface area contributed by atoms with Crippen LogP contribution in [0.1, 0.15) is 31.1 Å². The number of rotatable bonds is 4. The van der Waals surface area contributed by atoms with Crippen molar-refractivity contribution in [2.24, 2.45) is 0 Å². The SMILES string of the molecule is CC(C(=O)Nc1ccccc1)N1C(=O)C(C)(C)Oc2cc(C(=O)O)ccc21. The van der Waals surface area contributed by atoms with Crippen molar-refractivity contribution in [1.29, 1.82) is 0 Å². The maximum absolute atomic E-state index is 12.9. The van der Waals surface area contributed by atoms with Crippen molar-refractivity contribution in [3.63, 3.8) is 0 Å². The summed E-state index contributed by atoms with van der Waals surface area (Å²) in [4.78, 5) is 38.2. The fourth-order valence-electron chi connectivity index (χ4n) is 2.92. The molecule has 0 fully saturated rings. The van der Waals surface area contributed by atoms with Gasteiger partial charge >= 0.3 is 5.97 Å². The molecule has 7 nitrogen and oxygen atoms in total. The average Bonchev–Trinajstić information content (AvgIpc) is 2.62. The second-order valence-electron chi connectivity index (χ2n) is 6.81. The molecular weight excluding hydrogens is 348 g/mol. The number of nitrogens with zero attached hydrogens (tertiary/aromatic N) is 1. The normalized spacial score (nSPS) is 16.1. The molecule has 27 heavy (non-hydrogen) atoms. The zero-order chi connectivity index (χ0) is 19.8. The maximum atomic E-state index is 12.9. The van der Waals surface area contributed by atoms with E-state index in [1.54, 1.807) is 45.0 Å². The molecule has 0 saturated carbocycles. The Bertz CT molecular complexity index is 908. The van der Waals surface area contributed by atoms with E-state index in [1.807, 2.05) is 6.07 Å². The van der Waals surface area contributed by atoms with Gasteiger partial charge in [0.25, 0.3) is 5.91 Å². The van der Waals surface area contributed by atoms with Gasteiger partial charge in [-0.25, -0.2) is 4.79 Å². The van der Waals surface area contributed by atoms with E-state index in [9.17, 15) is 19.5 Å². The second kappa shape index (κ2) is 6.75. The number of hydrogen-bond acceptors (Lipinski definition) is 4. The molecule has 0 radical (unpaired) electrons. The third kappa shape index (κ3) is 3.48. The van der Waals surface area contributed by atoms with Crippen LogP contribution in [0.25, 0.3) is 0 Å². The van der Waals surface area contributed by atoms with E-state index >= 15 is 0 Å². The Morgan fingerprint density at radius 2 is 1.81 bits per heavy atom. The number of ether oxygens (including phenoxy) is 1. The molecule has 0 aliphatic carbocycles. The van der Waals surface area contributed by atoms with Gasteiger partial charge in [-0.2, -0.15) is 0 Å². The Labute approximate surface area is 156 Å². The highest BCUT2D eigenvalue weighted by atomic mass is 16.5. The molecule has 2 aromatic carbocycles. The summed E-state index contributed by atoms with van der Waals surface area (Å²) < 4.78 is 5.71. The summed E-state index contributed by atoms with van der Waals surface area (Å²) in [6.07, 6.45) is 0. The Kier molecular flexibility index (Phi) is 4.61.